The number of amides is 1. The molecule has 6 heteroatoms. The van der Waals surface area contributed by atoms with Crippen molar-refractivity contribution in [1.29, 1.82) is 0 Å². The van der Waals surface area contributed by atoms with Gasteiger partial charge in [0.25, 0.3) is 0 Å². The lowest BCUT2D eigenvalue weighted by Gasteiger charge is -2.12. The minimum Gasteiger partial charge on any atom is -0.325 e. The molecule has 29 heavy (non-hydrogen) atoms. The van der Waals surface area contributed by atoms with Gasteiger partial charge in [-0.1, -0.05) is 37.7 Å². The molecular formula is C23H27N3OS2. The van der Waals surface area contributed by atoms with Crippen LogP contribution in [0.4, 0.5) is 5.69 Å². The van der Waals surface area contributed by atoms with Gasteiger partial charge in [-0.05, 0) is 68.2 Å². The number of carbonyl (C=O) groups is 1. The van der Waals surface area contributed by atoms with Crippen molar-refractivity contribution < 1.29 is 4.79 Å². The molecule has 1 N–H and O–H groups in total. The molecule has 1 atom stereocenters. The van der Waals surface area contributed by atoms with Crippen molar-refractivity contribution in [2.75, 3.05) is 11.1 Å². The Morgan fingerprint density at radius 2 is 1.97 bits per heavy atom. The van der Waals surface area contributed by atoms with Crippen LogP contribution in [0.5, 0.6) is 0 Å². The fourth-order valence-electron chi connectivity index (χ4n) is 3.79. The van der Waals surface area contributed by atoms with Crippen molar-refractivity contribution >= 4 is 44.9 Å². The summed E-state index contributed by atoms with van der Waals surface area (Å²) >= 11 is 3.33. The van der Waals surface area contributed by atoms with Crippen molar-refractivity contribution in [3.05, 3.63) is 46.1 Å². The van der Waals surface area contributed by atoms with Crippen molar-refractivity contribution in [3.63, 3.8) is 0 Å². The molecule has 0 unspecified atom stereocenters. The fraction of sp³-hybridized carbons (Fsp3) is 0.435. The summed E-state index contributed by atoms with van der Waals surface area (Å²) in [6.45, 7) is 6.34. The first-order chi connectivity index (χ1) is 14.0. The van der Waals surface area contributed by atoms with Gasteiger partial charge in [0.15, 0.2) is 0 Å². The molecule has 0 radical (unpaired) electrons. The van der Waals surface area contributed by atoms with E-state index >= 15 is 0 Å². The summed E-state index contributed by atoms with van der Waals surface area (Å²) in [4.78, 5) is 24.4. The molecule has 152 valence electrons. The summed E-state index contributed by atoms with van der Waals surface area (Å²) in [6.07, 6.45) is 5.84. The molecular weight excluding hydrogens is 398 g/mol. The summed E-state index contributed by atoms with van der Waals surface area (Å²) in [7, 11) is 0. The molecule has 0 fully saturated rings. The predicted molar refractivity (Wildman–Crippen MR) is 123 cm³/mol. The maximum atomic E-state index is 12.5. The highest BCUT2D eigenvalue weighted by molar-refractivity contribution is 8.00. The Labute approximate surface area is 180 Å². The van der Waals surface area contributed by atoms with Gasteiger partial charge in [-0.3, -0.25) is 4.79 Å². The highest BCUT2D eigenvalue weighted by Crippen LogP contribution is 2.39. The Balaban J connectivity index is 1.46. The van der Waals surface area contributed by atoms with Crippen LogP contribution in [0.25, 0.3) is 10.2 Å². The van der Waals surface area contributed by atoms with Gasteiger partial charge in [0.1, 0.15) is 15.7 Å². The van der Waals surface area contributed by atoms with Gasteiger partial charge in [-0.25, -0.2) is 9.97 Å². The zero-order valence-corrected chi connectivity index (χ0v) is 18.9. The number of nitrogens with one attached hydrogen (secondary N) is 1. The van der Waals surface area contributed by atoms with Gasteiger partial charge in [-0.2, -0.15) is 0 Å². The summed E-state index contributed by atoms with van der Waals surface area (Å²) in [5, 5.41) is 5.15. The Morgan fingerprint density at radius 1 is 1.21 bits per heavy atom. The first kappa shape index (κ1) is 20.4. The number of benzene rings is 1. The van der Waals surface area contributed by atoms with E-state index < -0.39 is 0 Å². The van der Waals surface area contributed by atoms with Crippen LogP contribution in [0.15, 0.2) is 29.3 Å². The van der Waals surface area contributed by atoms with E-state index in [0.29, 0.717) is 11.7 Å². The quantitative estimate of drug-likeness (QED) is 0.382. The number of hydrogen-bond acceptors (Lipinski definition) is 5. The van der Waals surface area contributed by atoms with Crippen LogP contribution in [-0.2, 0) is 17.6 Å². The maximum absolute atomic E-state index is 12.5. The number of aryl methyl sites for hydroxylation is 3. The molecule has 0 aliphatic heterocycles. The number of fused-ring (bicyclic) bond motifs is 3. The molecule has 4 nitrogen and oxygen atoms in total. The molecule has 2 heterocycles. The topological polar surface area (TPSA) is 54.9 Å². The average molecular weight is 426 g/mol. The number of thiophene rings is 1. The smallest absolute Gasteiger partial charge is 0.234 e. The number of carbonyl (C=O) groups excluding carboxylic acids is 1. The van der Waals surface area contributed by atoms with E-state index in [1.807, 2.05) is 19.1 Å². The highest BCUT2D eigenvalue weighted by atomic mass is 32.2. The lowest BCUT2D eigenvalue weighted by atomic mass is 9.97. The zero-order chi connectivity index (χ0) is 20.4. The van der Waals surface area contributed by atoms with Gasteiger partial charge < -0.3 is 5.32 Å². The SMILES string of the molecule is CC[C@@H](C)c1ccc(NC(=O)CSc2nc(C)nc3sc4c(c23)CCCC4)cc1. The van der Waals surface area contributed by atoms with E-state index in [1.165, 1.54) is 46.0 Å². The molecule has 1 aliphatic carbocycles. The lowest BCUT2D eigenvalue weighted by Crippen LogP contribution is -2.14. The molecule has 0 saturated carbocycles. The maximum Gasteiger partial charge on any atom is 0.234 e. The van der Waals surface area contributed by atoms with Crippen LogP contribution >= 0.6 is 23.1 Å². The Bertz CT molecular complexity index is 1030. The van der Waals surface area contributed by atoms with Crippen molar-refractivity contribution in [2.45, 2.75) is 63.8 Å². The Kier molecular flexibility index (Phi) is 6.20. The second-order valence-electron chi connectivity index (χ2n) is 7.74. The molecule has 2 aromatic heterocycles. The summed E-state index contributed by atoms with van der Waals surface area (Å²) in [5.74, 6) is 1.67. The second-order valence-corrected chi connectivity index (χ2v) is 9.78. The van der Waals surface area contributed by atoms with Crippen LogP contribution in [0.3, 0.4) is 0 Å². The molecule has 1 aromatic carbocycles. The Morgan fingerprint density at radius 3 is 2.72 bits per heavy atom. The average Bonchev–Trinajstić information content (AvgIpc) is 3.10. The van der Waals surface area contributed by atoms with E-state index in [9.17, 15) is 4.79 Å². The third kappa shape index (κ3) is 4.48. The third-order valence-corrected chi connectivity index (χ3v) is 7.77. The molecule has 1 aliphatic rings. The number of thioether (sulfide) groups is 1. The van der Waals surface area contributed by atoms with Crippen molar-refractivity contribution in [3.8, 4) is 0 Å². The van der Waals surface area contributed by atoms with Crippen LogP contribution in [-0.4, -0.2) is 21.6 Å². The number of aromatic nitrogens is 2. The molecule has 0 bridgehead atoms. The van der Waals surface area contributed by atoms with Gasteiger partial charge in [0.2, 0.25) is 5.91 Å². The van der Waals surface area contributed by atoms with E-state index in [1.54, 1.807) is 11.3 Å². The number of rotatable bonds is 6. The molecule has 1 amide bonds. The highest BCUT2D eigenvalue weighted by Gasteiger charge is 2.21. The minimum atomic E-state index is -0.000183. The van der Waals surface area contributed by atoms with Gasteiger partial charge in [0, 0.05) is 16.0 Å². The first-order valence-corrected chi connectivity index (χ1v) is 12.2. The monoisotopic (exact) mass is 425 g/mol. The van der Waals surface area contributed by atoms with Crippen LogP contribution < -0.4 is 5.32 Å². The van der Waals surface area contributed by atoms with E-state index in [0.717, 1.165) is 40.6 Å². The van der Waals surface area contributed by atoms with Crippen LogP contribution in [0, 0.1) is 6.92 Å². The van der Waals surface area contributed by atoms with Gasteiger partial charge >= 0.3 is 0 Å². The third-order valence-electron chi connectivity index (χ3n) is 5.61. The van der Waals surface area contributed by atoms with Crippen molar-refractivity contribution in [1.82, 2.24) is 9.97 Å². The summed E-state index contributed by atoms with van der Waals surface area (Å²) < 4.78 is 0. The lowest BCUT2D eigenvalue weighted by molar-refractivity contribution is -0.113. The predicted octanol–water partition coefficient (Wildman–Crippen LogP) is 6.12. The van der Waals surface area contributed by atoms with E-state index in [2.05, 4.69) is 41.3 Å². The normalized spacial score (nSPS) is 14.6. The molecule has 0 saturated heterocycles. The first-order valence-electron chi connectivity index (χ1n) is 10.4. The van der Waals surface area contributed by atoms with E-state index in [4.69, 9.17) is 0 Å². The fourth-order valence-corrected chi connectivity index (χ4v) is 6.06. The van der Waals surface area contributed by atoms with Crippen LogP contribution in [0.2, 0.25) is 0 Å². The Hall–Kier alpha value is -1.92. The second kappa shape index (κ2) is 8.84. The number of nitrogens with zero attached hydrogens (tertiary/aromatic N) is 2. The largest absolute Gasteiger partial charge is 0.325 e. The summed E-state index contributed by atoms with van der Waals surface area (Å²) in [5.41, 5.74) is 3.57. The number of hydrogen-bond donors (Lipinski definition) is 1. The molecule has 3 aromatic rings. The number of anilines is 1. The molecule has 4 rings (SSSR count). The van der Waals surface area contributed by atoms with Crippen LogP contribution in [0.1, 0.15) is 60.9 Å². The zero-order valence-electron chi connectivity index (χ0n) is 17.2. The van der Waals surface area contributed by atoms with Gasteiger partial charge in [-0.15, -0.1) is 11.3 Å². The van der Waals surface area contributed by atoms with Gasteiger partial charge in [0.05, 0.1) is 5.75 Å². The minimum absolute atomic E-state index is 0.000183. The van der Waals surface area contributed by atoms with Crippen molar-refractivity contribution in [2.24, 2.45) is 0 Å². The van der Waals surface area contributed by atoms with E-state index in [-0.39, 0.29) is 5.91 Å². The molecule has 0 spiro atoms. The standard InChI is InChI=1S/C23H27N3OS2/c1-4-14(2)16-9-11-17(12-10-16)26-20(27)13-28-22-21-18-7-5-6-8-19(18)29-23(21)25-15(3)24-22/h9-12,14H,4-8,13H2,1-3H3,(H,26,27)/t14-/m1/s1. The summed E-state index contributed by atoms with van der Waals surface area (Å²) in [6, 6.07) is 8.19.